The van der Waals surface area contributed by atoms with Gasteiger partial charge in [0, 0.05) is 12.6 Å². The molecule has 1 aliphatic rings. The van der Waals surface area contributed by atoms with E-state index in [9.17, 15) is 0 Å². The van der Waals surface area contributed by atoms with E-state index in [-0.39, 0.29) is 0 Å². The molecule has 0 saturated heterocycles. The van der Waals surface area contributed by atoms with Gasteiger partial charge < -0.3 is 5.32 Å². The van der Waals surface area contributed by atoms with E-state index in [1.54, 1.807) is 0 Å². The Bertz CT molecular complexity index is 245. The van der Waals surface area contributed by atoms with Gasteiger partial charge in [-0.3, -0.25) is 10.4 Å². The van der Waals surface area contributed by atoms with Crippen molar-refractivity contribution < 1.29 is 0 Å². The Morgan fingerprint density at radius 1 is 1.50 bits per heavy atom. The van der Waals surface area contributed by atoms with E-state index in [2.05, 4.69) is 43.4 Å². The second-order valence-electron chi connectivity index (χ2n) is 5.98. The Labute approximate surface area is 99.1 Å². The van der Waals surface area contributed by atoms with E-state index in [1.807, 2.05) is 0 Å². The molecule has 0 bridgehead atoms. The van der Waals surface area contributed by atoms with Crippen LogP contribution >= 0.6 is 0 Å². The standard InChI is InChI=1S/C12H26N4/c1-9(2)8-14-11(16-13)15-10-5-6-12(3,4)7-10/h9-10H,5-8,13H2,1-4H3,(H2,14,15,16). The molecule has 4 N–H and O–H groups in total. The molecule has 16 heavy (non-hydrogen) atoms. The van der Waals surface area contributed by atoms with Gasteiger partial charge in [0.1, 0.15) is 0 Å². The maximum absolute atomic E-state index is 5.46. The number of rotatable bonds is 3. The van der Waals surface area contributed by atoms with Crippen LogP contribution in [0.5, 0.6) is 0 Å². The third-order valence-electron chi connectivity index (χ3n) is 3.06. The minimum atomic E-state index is 0.454. The first-order chi connectivity index (χ1) is 7.43. The highest BCUT2D eigenvalue weighted by Crippen LogP contribution is 2.36. The molecule has 0 aliphatic heterocycles. The summed E-state index contributed by atoms with van der Waals surface area (Å²) in [5.41, 5.74) is 3.10. The van der Waals surface area contributed by atoms with E-state index in [0.717, 1.165) is 12.5 Å². The lowest BCUT2D eigenvalue weighted by Gasteiger charge is -2.19. The van der Waals surface area contributed by atoms with Gasteiger partial charge >= 0.3 is 0 Å². The van der Waals surface area contributed by atoms with Crippen molar-refractivity contribution in [2.75, 3.05) is 6.54 Å². The Kier molecular flexibility index (Phi) is 4.59. The van der Waals surface area contributed by atoms with Gasteiger partial charge in [-0.2, -0.15) is 0 Å². The van der Waals surface area contributed by atoms with Crippen molar-refractivity contribution in [1.82, 2.24) is 10.7 Å². The molecular formula is C12H26N4. The Morgan fingerprint density at radius 3 is 2.62 bits per heavy atom. The Morgan fingerprint density at radius 2 is 2.19 bits per heavy atom. The minimum absolute atomic E-state index is 0.454. The minimum Gasteiger partial charge on any atom is -0.353 e. The zero-order valence-corrected chi connectivity index (χ0v) is 11.0. The van der Waals surface area contributed by atoms with Crippen LogP contribution in [-0.4, -0.2) is 18.5 Å². The van der Waals surface area contributed by atoms with Gasteiger partial charge in [0.15, 0.2) is 0 Å². The van der Waals surface area contributed by atoms with Gasteiger partial charge in [0.05, 0.1) is 0 Å². The van der Waals surface area contributed by atoms with Crippen LogP contribution in [0.4, 0.5) is 0 Å². The molecule has 0 aromatic carbocycles. The van der Waals surface area contributed by atoms with E-state index >= 15 is 0 Å². The van der Waals surface area contributed by atoms with E-state index < -0.39 is 0 Å². The van der Waals surface area contributed by atoms with Gasteiger partial charge in [-0.15, -0.1) is 0 Å². The summed E-state index contributed by atoms with van der Waals surface area (Å²) in [5.74, 6) is 6.75. The maximum atomic E-state index is 5.46. The number of guanidine groups is 1. The monoisotopic (exact) mass is 226 g/mol. The molecule has 0 radical (unpaired) electrons. The summed E-state index contributed by atoms with van der Waals surface area (Å²) < 4.78 is 0. The number of hydrazine groups is 1. The van der Waals surface area contributed by atoms with Crippen molar-refractivity contribution in [3.05, 3.63) is 0 Å². The predicted octanol–water partition coefficient (Wildman–Crippen LogP) is 1.63. The molecule has 1 rings (SSSR count). The summed E-state index contributed by atoms with van der Waals surface area (Å²) in [4.78, 5) is 4.42. The fourth-order valence-electron chi connectivity index (χ4n) is 2.16. The first kappa shape index (κ1) is 13.3. The number of aliphatic imine (C=N–C) groups is 1. The molecule has 94 valence electrons. The van der Waals surface area contributed by atoms with Gasteiger partial charge in [0.2, 0.25) is 5.96 Å². The summed E-state index contributed by atoms with van der Waals surface area (Å²) in [5, 5.41) is 3.39. The molecule has 0 aromatic heterocycles. The lowest BCUT2D eigenvalue weighted by Crippen LogP contribution is -2.46. The molecular weight excluding hydrogens is 200 g/mol. The number of nitrogens with zero attached hydrogens (tertiary/aromatic N) is 1. The van der Waals surface area contributed by atoms with Crippen LogP contribution in [0.25, 0.3) is 0 Å². The molecule has 1 atom stereocenters. The molecule has 0 heterocycles. The summed E-state index contributed by atoms with van der Waals surface area (Å²) in [7, 11) is 0. The first-order valence-electron chi connectivity index (χ1n) is 6.20. The van der Waals surface area contributed by atoms with Crippen molar-refractivity contribution >= 4 is 5.96 Å². The SMILES string of the molecule is CC(C)CN=C(NN)NC1CCC(C)(C)C1. The molecule has 1 fully saturated rings. The fraction of sp³-hybridized carbons (Fsp3) is 0.917. The normalized spacial score (nSPS) is 24.9. The van der Waals surface area contributed by atoms with Crippen LogP contribution in [0.2, 0.25) is 0 Å². The van der Waals surface area contributed by atoms with Crippen molar-refractivity contribution in [3.8, 4) is 0 Å². The Hall–Kier alpha value is -0.770. The summed E-state index contributed by atoms with van der Waals surface area (Å²) in [6.07, 6.45) is 3.66. The summed E-state index contributed by atoms with van der Waals surface area (Å²) in [6.45, 7) is 9.74. The van der Waals surface area contributed by atoms with Crippen LogP contribution in [0.15, 0.2) is 4.99 Å². The number of hydrogen-bond donors (Lipinski definition) is 3. The van der Waals surface area contributed by atoms with E-state index in [0.29, 0.717) is 17.4 Å². The quantitative estimate of drug-likeness (QED) is 0.297. The zero-order chi connectivity index (χ0) is 12.2. The molecule has 1 unspecified atom stereocenters. The molecule has 0 aromatic rings. The molecule has 0 spiro atoms. The van der Waals surface area contributed by atoms with Crippen LogP contribution in [-0.2, 0) is 0 Å². The van der Waals surface area contributed by atoms with Crippen LogP contribution in [0, 0.1) is 11.3 Å². The lowest BCUT2D eigenvalue weighted by molar-refractivity contribution is 0.372. The second kappa shape index (κ2) is 5.53. The molecule has 4 heteroatoms. The third-order valence-corrected chi connectivity index (χ3v) is 3.06. The molecule has 4 nitrogen and oxygen atoms in total. The molecule has 1 aliphatic carbocycles. The first-order valence-corrected chi connectivity index (χ1v) is 6.20. The number of hydrogen-bond acceptors (Lipinski definition) is 2. The van der Waals surface area contributed by atoms with Crippen molar-refractivity contribution in [2.24, 2.45) is 22.2 Å². The van der Waals surface area contributed by atoms with Gasteiger partial charge in [0.25, 0.3) is 0 Å². The molecule has 1 saturated carbocycles. The zero-order valence-electron chi connectivity index (χ0n) is 11.0. The molecule has 0 amide bonds. The fourth-order valence-corrected chi connectivity index (χ4v) is 2.16. The summed E-state index contributed by atoms with van der Waals surface area (Å²) in [6, 6.07) is 0.511. The topological polar surface area (TPSA) is 62.4 Å². The van der Waals surface area contributed by atoms with E-state index in [4.69, 9.17) is 5.84 Å². The second-order valence-corrected chi connectivity index (χ2v) is 5.98. The number of nitrogens with one attached hydrogen (secondary N) is 2. The van der Waals surface area contributed by atoms with Crippen LogP contribution in [0.3, 0.4) is 0 Å². The highest BCUT2D eigenvalue weighted by molar-refractivity contribution is 5.79. The van der Waals surface area contributed by atoms with E-state index in [1.165, 1.54) is 19.3 Å². The highest BCUT2D eigenvalue weighted by Gasteiger charge is 2.31. The average Bonchev–Trinajstić information content (AvgIpc) is 2.52. The highest BCUT2D eigenvalue weighted by atomic mass is 15.3. The van der Waals surface area contributed by atoms with Crippen molar-refractivity contribution in [1.29, 1.82) is 0 Å². The average molecular weight is 226 g/mol. The maximum Gasteiger partial charge on any atom is 0.205 e. The number of nitrogens with two attached hydrogens (primary N) is 1. The van der Waals surface area contributed by atoms with Gasteiger partial charge in [-0.05, 0) is 30.6 Å². The van der Waals surface area contributed by atoms with Crippen molar-refractivity contribution in [2.45, 2.75) is 53.0 Å². The predicted molar refractivity (Wildman–Crippen MR) is 69.0 cm³/mol. The van der Waals surface area contributed by atoms with Gasteiger partial charge in [-0.1, -0.05) is 27.7 Å². The van der Waals surface area contributed by atoms with Crippen LogP contribution < -0.4 is 16.6 Å². The lowest BCUT2D eigenvalue weighted by atomic mass is 9.92. The smallest absolute Gasteiger partial charge is 0.205 e. The third kappa shape index (κ3) is 4.39. The largest absolute Gasteiger partial charge is 0.353 e. The van der Waals surface area contributed by atoms with Crippen LogP contribution in [0.1, 0.15) is 47.0 Å². The summed E-state index contributed by atoms with van der Waals surface area (Å²) >= 11 is 0. The Balaban J connectivity index is 2.42. The van der Waals surface area contributed by atoms with Crippen molar-refractivity contribution in [3.63, 3.8) is 0 Å². The van der Waals surface area contributed by atoms with Gasteiger partial charge in [-0.25, -0.2) is 5.84 Å².